The summed E-state index contributed by atoms with van der Waals surface area (Å²) < 4.78 is 16.4. The molecule has 1 unspecified atom stereocenters. The van der Waals surface area contributed by atoms with E-state index in [1.54, 1.807) is 14.2 Å². The van der Waals surface area contributed by atoms with E-state index < -0.39 is 0 Å². The fraction of sp³-hybridized carbons (Fsp3) is 0.294. The summed E-state index contributed by atoms with van der Waals surface area (Å²) in [6.45, 7) is 0.517. The molecule has 0 heterocycles. The van der Waals surface area contributed by atoms with Crippen molar-refractivity contribution in [1.82, 2.24) is 5.32 Å². The lowest BCUT2D eigenvalue weighted by Gasteiger charge is -2.19. The lowest BCUT2D eigenvalue weighted by atomic mass is 10.1. The summed E-state index contributed by atoms with van der Waals surface area (Å²) in [7, 11) is 5.24. The highest BCUT2D eigenvalue weighted by molar-refractivity contribution is 5.36. The maximum absolute atomic E-state index is 5.84. The molecule has 0 aliphatic heterocycles. The number of hydrogen-bond donors (Lipinski definition) is 1. The standard InChI is InChI=1S/C17H21NO3/c1-18-16(15-6-4-5-7-17(15)20-3)12-21-14-10-8-13(19-2)9-11-14/h4-11,16,18H,12H2,1-3H3. The smallest absolute Gasteiger partial charge is 0.123 e. The molecule has 2 aromatic rings. The molecular formula is C17H21NO3. The van der Waals surface area contributed by atoms with Crippen molar-refractivity contribution in [1.29, 1.82) is 0 Å². The lowest BCUT2D eigenvalue weighted by molar-refractivity contribution is 0.268. The second-order valence-electron chi connectivity index (χ2n) is 4.57. The number of rotatable bonds is 7. The van der Waals surface area contributed by atoms with Gasteiger partial charge < -0.3 is 19.5 Å². The molecule has 2 aromatic carbocycles. The molecule has 0 aliphatic rings. The molecule has 0 saturated carbocycles. The van der Waals surface area contributed by atoms with E-state index in [-0.39, 0.29) is 6.04 Å². The molecule has 0 saturated heterocycles. The Hall–Kier alpha value is -2.20. The number of nitrogens with one attached hydrogen (secondary N) is 1. The average molecular weight is 287 g/mol. The monoisotopic (exact) mass is 287 g/mol. The van der Waals surface area contributed by atoms with Gasteiger partial charge in [0.15, 0.2) is 0 Å². The molecule has 1 N–H and O–H groups in total. The van der Waals surface area contributed by atoms with E-state index in [2.05, 4.69) is 5.32 Å². The van der Waals surface area contributed by atoms with Gasteiger partial charge in [0.2, 0.25) is 0 Å². The average Bonchev–Trinajstić information content (AvgIpc) is 2.56. The second kappa shape index (κ2) is 7.55. The van der Waals surface area contributed by atoms with Crippen LogP contribution in [-0.2, 0) is 0 Å². The first-order valence-corrected chi connectivity index (χ1v) is 6.85. The van der Waals surface area contributed by atoms with Crippen molar-refractivity contribution in [3.63, 3.8) is 0 Å². The van der Waals surface area contributed by atoms with Crippen LogP contribution in [0.5, 0.6) is 17.2 Å². The van der Waals surface area contributed by atoms with E-state index in [4.69, 9.17) is 14.2 Å². The Morgan fingerprint density at radius 2 is 1.57 bits per heavy atom. The zero-order chi connectivity index (χ0) is 15.1. The van der Waals surface area contributed by atoms with Gasteiger partial charge in [-0.3, -0.25) is 0 Å². The van der Waals surface area contributed by atoms with Crippen LogP contribution in [0.4, 0.5) is 0 Å². The van der Waals surface area contributed by atoms with Crippen LogP contribution in [0, 0.1) is 0 Å². The Bertz CT molecular complexity index is 554. The second-order valence-corrected chi connectivity index (χ2v) is 4.57. The van der Waals surface area contributed by atoms with Gasteiger partial charge in [-0.15, -0.1) is 0 Å². The zero-order valence-electron chi connectivity index (χ0n) is 12.6. The third-order valence-electron chi connectivity index (χ3n) is 3.34. The van der Waals surface area contributed by atoms with E-state index in [0.717, 1.165) is 22.8 Å². The van der Waals surface area contributed by atoms with Gasteiger partial charge >= 0.3 is 0 Å². The summed E-state index contributed by atoms with van der Waals surface area (Å²) in [4.78, 5) is 0. The number of hydrogen-bond acceptors (Lipinski definition) is 4. The molecule has 1 atom stereocenters. The van der Waals surface area contributed by atoms with Crippen molar-refractivity contribution >= 4 is 0 Å². The van der Waals surface area contributed by atoms with Gasteiger partial charge in [-0.2, -0.15) is 0 Å². The third-order valence-corrected chi connectivity index (χ3v) is 3.34. The number of para-hydroxylation sites is 1. The normalized spacial score (nSPS) is 11.8. The highest BCUT2D eigenvalue weighted by Crippen LogP contribution is 2.25. The van der Waals surface area contributed by atoms with E-state index in [0.29, 0.717) is 6.61 Å². The molecule has 0 aliphatic carbocycles. The van der Waals surface area contributed by atoms with E-state index in [9.17, 15) is 0 Å². The van der Waals surface area contributed by atoms with E-state index in [1.165, 1.54) is 0 Å². The zero-order valence-corrected chi connectivity index (χ0v) is 12.6. The van der Waals surface area contributed by atoms with Gasteiger partial charge in [0.1, 0.15) is 23.9 Å². The summed E-state index contributed by atoms with van der Waals surface area (Å²) in [6.07, 6.45) is 0. The van der Waals surface area contributed by atoms with Crippen LogP contribution in [0.25, 0.3) is 0 Å². The molecule has 4 heteroatoms. The van der Waals surface area contributed by atoms with Gasteiger partial charge in [0.05, 0.1) is 20.3 Å². The van der Waals surface area contributed by atoms with Gasteiger partial charge in [-0.1, -0.05) is 18.2 Å². The topological polar surface area (TPSA) is 39.7 Å². The van der Waals surface area contributed by atoms with Crippen LogP contribution >= 0.6 is 0 Å². The Kier molecular flexibility index (Phi) is 5.46. The highest BCUT2D eigenvalue weighted by atomic mass is 16.5. The Morgan fingerprint density at radius 3 is 2.19 bits per heavy atom. The molecule has 0 amide bonds. The number of methoxy groups -OCH3 is 2. The Labute approximate surface area is 125 Å². The van der Waals surface area contributed by atoms with Crippen LogP contribution in [0.2, 0.25) is 0 Å². The van der Waals surface area contributed by atoms with Gasteiger partial charge in [0, 0.05) is 5.56 Å². The van der Waals surface area contributed by atoms with Crippen molar-refractivity contribution in [3.05, 3.63) is 54.1 Å². The first-order valence-electron chi connectivity index (χ1n) is 6.85. The van der Waals surface area contributed by atoms with E-state index in [1.807, 2.05) is 55.6 Å². The molecule has 0 fully saturated rings. The number of benzene rings is 2. The fourth-order valence-electron chi connectivity index (χ4n) is 2.13. The summed E-state index contributed by atoms with van der Waals surface area (Å²) >= 11 is 0. The largest absolute Gasteiger partial charge is 0.497 e. The molecule has 4 nitrogen and oxygen atoms in total. The predicted molar refractivity (Wildman–Crippen MR) is 83.3 cm³/mol. The molecule has 21 heavy (non-hydrogen) atoms. The summed E-state index contributed by atoms with van der Waals surface area (Å²) in [5, 5.41) is 3.26. The quantitative estimate of drug-likeness (QED) is 0.849. The summed E-state index contributed by atoms with van der Waals surface area (Å²) in [5.41, 5.74) is 1.08. The summed E-state index contributed by atoms with van der Waals surface area (Å²) in [5.74, 6) is 2.48. The Morgan fingerprint density at radius 1 is 0.905 bits per heavy atom. The minimum Gasteiger partial charge on any atom is -0.497 e. The molecule has 0 radical (unpaired) electrons. The van der Waals surface area contributed by atoms with Crippen molar-refractivity contribution in [2.75, 3.05) is 27.9 Å². The highest BCUT2D eigenvalue weighted by Gasteiger charge is 2.14. The molecule has 112 valence electrons. The molecule has 0 bridgehead atoms. The van der Waals surface area contributed by atoms with Gasteiger partial charge in [-0.05, 0) is 37.4 Å². The van der Waals surface area contributed by atoms with Gasteiger partial charge in [0.25, 0.3) is 0 Å². The van der Waals surface area contributed by atoms with Crippen LogP contribution in [0.1, 0.15) is 11.6 Å². The maximum Gasteiger partial charge on any atom is 0.123 e. The van der Waals surface area contributed by atoms with Crippen LogP contribution in [-0.4, -0.2) is 27.9 Å². The minimum absolute atomic E-state index is 0.0586. The van der Waals surface area contributed by atoms with Crippen LogP contribution < -0.4 is 19.5 Å². The SMILES string of the molecule is CNC(COc1ccc(OC)cc1)c1ccccc1OC. The van der Waals surface area contributed by atoms with Crippen LogP contribution in [0.3, 0.4) is 0 Å². The first kappa shape index (κ1) is 15.2. The van der Waals surface area contributed by atoms with Crippen molar-refractivity contribution in [2.45, 2.75) is 6.04 Å². The fourth-order valence-corrected chi connectivity index (χ4v) is 2.13. The first-order chi connectivity index (χ1) is 10.3. The maximum atomic E-state index is 5.84. The van der Waals surface area contributed by atoms with Crippen molar-refractivity contribution < 1.29 is 14.2 Å². The molecule has 2 rings (SSSR count). The lowest BCUT2D eigenvalue weighted by Crippen LogP contribution is -2.23. The van der Waals surface area contributed by atoms with Crippen molar-refractivity contribution in [3.8, 4) is 17.2 Å². The number of likely N-dealkylation sites (N-methyl/N-ethyl adjacent to an activating group) is 1. The van der Waals surface area contributed by atoms with E-state index >= 15 is 0 Å². The third kappa shape index (κ3) is 3.89. The van der Waals surface area contributed by atoms with Crippen LogP contribution in [0.15, 0.2) is 48.5 Å². The van der Waals surface area contributed by atoms with Crippen molar-refractivity contribution in [2.24, 2.45) is 0 Å². The number of ether oxygens (including phenoxy) is 3. The van der Waals surface area contributed by atoms with Gasteiger partial charge in [-0.25, -0.2) is 0 Å². The Balaban J connectivity index is 2.05. The predicted octanol–water partition coefficient (Wildman–Crippen LogP) is 3.04. The minimum atomic E-state index is 0.0586. The molecule has 0 aromatic heterocycles. The summed E-state index contributed by atoms with van der Waals surface area (Å²) in [6, 6.07) is 15.6. The molecule has 0 spiro atoms. The molecular weight excluding hydrogens is 266 g/mol.